The lowest BCUT2D eigenvalue weighted by Gasteiger charge is -2.37. The van der Waals surface area contributed by atoms with Crippen LogP contribution < -0.4 is 15.1 Å². The number of piperidine rings is 1. The monoisotopic (exact) mass is 662 g/mol. The van der Waals surface area contributed by atoms with Crippen LogP contribution >= 0.6 is 11.3 Å². The van der Waals surface area contributed by atoms with Gasteiger partial charge in [0.2, 0.25) is 11.7 Å². The molecule has 2 saturated heterocycles. The number of hydrogen-bond acceptors (Lipinski definition) is 9. The molecule has 1 amide bonds. The molecule has 2 aliphatic rings. The number of rotatable bonds is 10. The SMILES string of the molecule is CCCC(NC(=O)C1CCCCN1c1ccc(-c2csc(-c3ccc(N4CCN(C)CC4)cc3)n2)cc1)C(=O)c1nc2ccccc2o1. The molecule has 0 bridgehead atoms. The van der Waals surface area contributed by atoms with Crippen LogP contribution in [0.3, 0.4) is 0 Å². The molecule has 10 heteroatoms. The highest BCUT2D eigenvalue weighted by Crippen LogP contribution is 2.32. The molecule has 4 heterocycles. The minimum Gasteiger partial charge on any atom is -0.434 e. The Morgan fingerprint density at radius 1 is 0.896 bits per heavy atom. The lowest BCUT2D eigenvalue weighted by molar-refractivity contribution is -0.123. The molecule has 2 aromatic heterocycles. The molecule has 2 aliphatic heterocycles. The molecule has 2 unspecified atom stereocenters. The molecular weight excluding hydrogens is 621 g/mol. The van der Waals surface area contributed by atoms with E-state index < -0.39 is 6.04 Å². The van der Waals surface area contributed by atoms with Gasteiger partial charge in [-0.1, -0.05) is 37.6 Å². The van der Waals surface area contributed by atoms with E-state index in [9.17, 15) is 9.59 Å². The lowest BCUT2D eigenvalue weighted by Crippen LogP contribution is -2.53. The number of ketones is 1. The van der Waals surface area contributed by atoms with Crippen LogP contribution in [-0.2, 0) is 4.79 Å². The number of nitrogens with zero attached hydrogens (tertiary/aromatic N) is 5. The third-order valence-electron chi connectivity index (χ3n) is 9.50. The molecule has 0 radical (unpaired) electrons. The van der Waals surface area contributed by atoms with Crippen LogP contribution in [0.2, 0.25) is 0 Å². The Balaban J connectivity index is 1.02. The van der Waals surface area contributed by atoms with Gasteiger partial charge >= 0.3 is 0 Å². The molecule has 9 nitrogen and oxygen atoms in total. The summed E-state index contributed by atoms with van der Waals surface area (Å²) in [7, 11) is 2.18. The number of para-hydroxylation sites is 2. The first-order chi connectivity index (χ1) is 23.5. The number of amides is 1. The van der Waals surface area contributed by atoms with Gasteiger partial charge in [-0.3, -0.25) is 9.59 Å². The van der Waals surface area contributed by atoms with Gasteiger partial charge in [0.1, 0.15) is 16.6 Å². The molecule has 7 rings (SSSR count). The van der Waals surface area contributed by atoms with Gasteiger partial charge in [-0.15, -0.1) is 11.3 Å². The predicted octanol–water partition coefficient (Wildman–Crippen LogP) is 6.90. The number of nitrogens with one attached hydrogen (secondary N) is 1. The highest BCUT2D eigenvalue weighted by Gasteiger charge is 2.33. The van der Waals surface area contributed by atoms with Crippen LogP contribution in [0.4, 0.5) is 11.4 Å². The van der Waals surface area contributed by atoms with Crippen molar-refractivity contribution in [1.29, 1.82) is 0 Å². The van der Waals surface area contributed by atoms with Crippen molar-refractivity contribution in [3.8, 4) is 21.8 Å². The Hall–Kier alpha value is -4.54. The summed E-state index contributed by atoms with van der Waals surface area (Å²) in [5.74, 6) is -0.384. The van der Waals surface area contributed by atoms with E-state index in [2.05, 4.69) is 86.0 Å². The fourth-order valence-corrected chi connectivity index (χ4v) is 7.54. The third kappa shape index (κ3) is 6.86. The summed E-state index contributed by atoms with van der Waals surface area (Å²) in [4.78, 5) is 43.5. The Labute approximate surface area is 285 Å². The zero-order chi connectivity index (χ0) is 33.0. The summed E-state index contributed by atoms with van der Waals surface area (Å²) in [6.45, 7) is 7.06. The third-order valence-corrected chi connectivity index (χ3v) is 10.4. The molecule has 1 N–H and O–H groups in total. The van der Waals surface area contributed by atoms with Crippen molar-refractivity contribution in [2.24, 2.45) is 0 Å². The zero-order valence-electron chi connectivity index (χ0n) is 27.6. The van der Waals surface area contributed by atoms with E-state index in [0.29, 0.717) is 17.5 Å². The number of oxazole rings is 1. The molecule has 48 heavy (non-hydrogen) atoms. The maximum absolute atomic E-state index is 13.8. The smallest absolute Gasteiger partial charge is 0.266 e. The average molecular weight is 663 g/mol. The van der Waals surface area contributed by atoms with Crippen LogP contribution in [-0.4, -0.2) is 78.4 Å². The topological polar surface area (TPSA) is 94.8 Å². The summed E-state index contributed by atoms with van der Waals surface area (Å²) in [5.41, 5.74) is 6.56. The van der Waals surface area contributed by atoms with Crippen molar-refractivity contribution in [3.05, 3.63) is 84.1 Å². The largest absolute Gasteiger partial charge is 0.434 e. The first kappa shape index (κ1) is 32.0. The number of thiazole rings is 1. The summed E-state index contributed by atoms with van der Waals surface area (Å²) >= 11 is 1.65. The molecule has 5 aromatic rings. The van der Waals surface area contributed by atoms with Crippen LogP contribution in [0.25, 0.3) is 32.9 Å². The van der Waals surface area contributed by atoms with E-state index in [1.807, 2.05) is 25.1 Å². The van der Waals surface area contributed by atoms with Crippen molar-refractivity contribution in [2.75, 3.05) is 49.6 Å². The number of Topliss-reactive ketones (excluding diaryl/α,β-unsaturated/α-hetero) is 1. The summed E-state index contributed by atoms with van der Waals surface area (Å²) in [6, 6.07) is 23.4. The van der Waals surface area contributed by atoms with Crippen molar-refractivity contribution in [1.82, 2.24) is 20.2 Å². The van der Waals surface area contributed by atoms with E-state index >= 15 is 0 Å². The Morgan fingerprint density at radius 3 is 2.38 bits per heavy atom. The number of carbonyl (C=O) groups is 2. The molecule has 3 aromatic carbocycles. The number of carbonyl (C=O) groups excluding carboxylic acids is 2. The van der Waals surface area contributed by atoms with Gasteiger partial charge in [-0.05, 0) is 81.3 Å². The van der Waals surface area contributed by atoms with Crippen molar-refractivity contribution < 1.29 is 14.0 Å². The molecule has 0 saturated carbocycles. The number of hydrogen-bond donors (Lipinski definition) is 1. The van der Waals surface area contributed by atoms with Gasteiger partial charge in [-0.25, -0.2) is 9.97 Å². The van der Waals surface area contributed by atoms with Crippen molar-refractivity contribution >= 4 is 45.5 Å². The fraction of sp³-hybridized carbons (Fsp3) is 0.368. The van der Waals surface area contributed by atoms with Gasteiger partial charge in [0.25, 0.3) is 5.89 Å². The van der Waals surface area contributed by atoms with Crippen LogP contribution in [0.5, 0.6) is 0 Å². The quantitative estimate of drug-likeness (QED) is 0.162. The predicted molar refractivity (Wildman–Crippen MR) is 193 cm³/mol. The van der Waals surface area contributed by atoms with Gasteiger partial charge in [-0.2, -0.15) is 0 Å². The zero-order valence-corrected chi connectivity index (χ0v) is 28.4. The van der Waals surface area contributed by atoms with E-state index in [-0.39, 0.29) is 23.6 Å². The summed E-state index contributed by atoms with van der Waals surface area (Å²) in [6.07, 6.45) is 3.96. The normalized spacial score (nSPS) is 17.8. The standard InChI is InChI=1S/C38H42N6O3S/c1-3-8-31(35(45)37-40-30-9-4-5-11-34(30)47-37)39-36(46)33-10-6-7-20-44(33)29-18-12-26(13-19-29)32-25-48-38(41-32)27-14-16-28(17-15-27)43-23-21-42(2)22-24-43/h4-5,9,11-19,25,31,33H,3,6-8,10,20-24H2,1-2H3,(H,39,46). The lowest BCUT2D eigenvalue weighted by atomic mass is 9.98. The molecule has 2 atom stereocenters. The van der Waals surface area contributed by atoms with Crippen LogP contribution in [0.1, 0.15) is 49.7 Å². The van der Waals surface area contributed by atoms with Crippen molar-refractivity contribution in [2.45, 2.75) is 51.1 Å². The van der Waals surface area contributed by atoms with Crippen LogP contribution in [0, 0.1) is 0 Å². The number of fused-ring (bicyclic) bond motifs is 1. The molecule has 0 spiro atoms. The van der Waals surface area contributed by atoms with Gasteiger partial charge in [0.15, 0.2) is 5.58 Å². The number of aromatic nitrogens is 2. The van der Waals surface area contributed by atoms with E-state index in [1.165, 1.54) is 5.69 Å². The number of likely N-dealkylation sites (N-methyl/N-ethyl adjacent to an activating group) is 1. The first-order valence-electron chi connectivity index (χ1n) is 17.0. The first-order valence-corrected chi connectivity index (χ1v) is 17.9. The summed E-state index contributed by atoms with van der Waals surface area (Å²) in [5, 5.41) is 6.18. The van der Waals surface area contributed by atoms with E-state index in [0.717, 1.165) is 85.9 Å². The van der Waals surface area contributed by atoms with Crippen molar-refractivity contribution in [3.63, 3.8) is 0 Å². The highest BCUT2D eigenvalue weighted by atomic mass is 32.1. The van der Waals surface area contributed by atoms with Gasteiger partial charge < -0.3 is 24.4 Å². The Bertz CT molecular complexity index is 1830. The molecule has 0 aliphatic carbocycles. The van der Waals surface area contributed by atoms with Gasteiger partial charge in [0, 0.05) is 60.6 Å². The number of anilines is 2. The molecular formula is C38H42N6O3S. The summed E-state index contributed by atoms with van der Waals surface area (Å²) < 4.78 is 5.75. The van der Waals surface area contributed by atoms with Crippen LogP contribution in [0.15, 0.2) is 82.6 Å². The fourth-order valence-electron chi connectivity index (χ4n) is 6.71. The second kappa shape index (κ2) is 14.3. The van der Waals surface area contributed by atoms with Gasteiger partial charge in [0.05, 0.1) is 11.7 Å². The highest BCUT2D eigenvalue weighted by molar-refractivity contribution is 7.13. The molecule has 2 fully saturated rings. The average Bonchev–Trinajstić information content (AvgIpc) is 3.80. The minimum atomic E-state index is -0.691. The Morgan fingerprint density at radius 2 is 1.62 bits per heavy atom. The number of piperazine rings is 1. The second-order valence-electron chi connectivity index (χ2n) is 12.8. The molecule has 248 valence electrons. The maximum Gasteiger partial charge on any atom is 0.266 e. The number of benzene rings is 3. The van der Waals surface area contributed by atoms with E-state index in [4.69, 9.17) is 9.40 Å². The minimum absolute atomic E-state index is 0.0407. The van der Waals surface area contributed by atoms with E-state index in [1.54, 1.807) is 17.4 Å². The maximum atomic E-state index is 13.8. The Kier molecular flexibility index (Phi) is 9.54. The second-order valence-corrected chi connectivity index (χ2v) is 13.7.